The monoisotopic (exact) mass is 432 g/mol. The van der Waals surface area contributed by atoms with Crippen molar-refractivity contribution in [2.75, 3.05) is 11.9 Å². The number of rotatable bonds is 6. The third kappa shape index (κ3) is 4.87. The van der Waals surface area contributed by atoms with Crippen LogP contribution in [-0.4, -0.2) is 27.5 Å². The van der Waals surface area contributed by atoms with E-state index in [-0.39, 0.29) is 11.5 Å². The van der Waals surface area contributed by atoms with Gasteiger partial charge < -0.3 is 15.0 Å². The highest BCUT2D eigenvalue weighted by Gasteiger charge is 2.13. The van der Waals surface area contributed by atoms with Gasteiger partial charge in [0.1, 0.15) is 22.3 Å². The first kappa shape index (κ1) is 20.5. The van der Waals surface area contributed by atoms with Crippen LogP contribution in [0.4, 0.5) is 5.69 Å². The minimum absolute atomic E-state index is 0.221. The summed E-state index contributed by atoms with van der Waals surface area (Å²) in [7, 11) is 0. The van der Waals surface area contributed by atoms with Crippen molar-refractivity contribution >= 4 is 22.9 Å². The average molecular weight is 433 g/mol. The van der Waals surface area contributed by atoms with E-state index >= 15 is 0 Å². The van der Waals surface area contributed by atoms with Gasteiger partial charge in [-0.15, -0.1) is 11.3 Å². The Morgan fingerprint density at radius 2 is 1.90 bits per heavy atom. The van der Waals surface area contributed by atoms with E-state index in [1.807, 2.05) is 37.3 Å². The van der Waals surface area contributed by atoms with E-state index in [4.69, 9.17) is 4.74 Å². The fraction of sp³-hybridized carbons (Fsp3) is 0.130. The fourth-order valence-electron chi connectivity index (χ4n) is 3.03. The van der Waals surface area contributed by atoms with Crippen molar-refractivity contribution in [3.8, 4) is 27.7 Å². The molecule has 0 fully saturated rings. The first-order valence-corrected chi connectivity index (χ1v) is 10.6. The van der Waals surface area contributed by atoms with Crippen LogP contribution in [0.15, 0.2) is 64.8 Å². The molecule has 2 aromatic heterocycles. The molecule has 0 atom stereocenters. The van der Waals surface area contributed by atoms with Crippen molar-refractivity contribution in [2.45, 2.75) is 13.8 Å². The number of amides is 1. The molecule has 0 aliphatic heterocycles. The number of aryl methyl sites for hydroxylation is 1. The summed E-state index contributed by atoms with van der Waals surface area (Å²) >= 11 is 1.40. The quantitative estimate of drug-likeness (QED) is 0.467. The molecular weight excluding hydrogens is 412 g/mol. The average Bonchev–Trinajstić information content (AvgIpc) is 3.25. The molecule has 0 saturated heterocycles. The lowest BCUT2D eigenvalue weighted by Crippen LogP contribution is -2.12. The van der Waals surface area contributed by atoms with E-state index in [1.165, 1.54) is 17.4 Å². The van der Waals surface area contributed by atoms with Gasteiger partial charge in [0.05, 0.1) is 6.61 Å². The van der Waals surface area contributed by atoms with E-state index < -0.39 is 0 Å². The molecule has 7 nitrogen and oxygen atoms in total. The van der Waals surface area contributed by atoms with Gasteiger partial charge in [-0.05, 0) is 50.2 Å². The summed E-state index contributed by atoms with van der Waals surface area (Å²) in [6, 6.07) is 16.2. The van der Waals surface area contributed by atoms with Gasteiger partial charge in [-0.25, -0.2) is 9.97 Å². The summed E-state index contributed by atoms with van der Waals surface area (Å²) in [4.78, 5) is 35.9. The smallest absolute Gasteiger partial charge is 0.275 e. The van der Waals surface area contributed by atoms with Gasteiger partial charge in [-0.3, -0.25) is 9.59 Å². The Hall–Kier alpha value is -3.78. The molecule has 1 amide bonds. The van der Waals surface area contributed by atoms with Crippen molar-refractivity contribution < 1.29 is 9.53 Å². The SMILES string of the molecule is CCOc1ccc(-c2nc(C(=O)Nc3cccc(-c4nc(C)cc(=O)[nH]4)c3)cs2)cc1. The molecule has 8 heteroatoms. The standard InChI is InChI=1S/C23H20N4O3S/c1-3-30-18-9-7-15(8-10-18)23-26-19(13-31-23)22(29)25-17-6-4-5-16(12-17)21-24-14(2)11-20(28)27-21/h4-13H,3H2,1-2H3,(H,25,29)(H,24,27,28). The largest absolute Gasteiger partial charge is 0.494 e. The molecule has 0 bridgehead atoms. The Morgan fingerprint density at radius 1 is 1.10 bits per heavy atom. The van der Waals surface area contributed by atoms with Gasteiger partial charge in [0, 0.05) is 34.0 Å². The van der Waals surface area contributed by atoms with E-state index in [0.717, 1.165) is 16.3 Å². The Labute approximate surface area is 182 Å². The molecule has 0 unspecified atom stereocenters. The highest BCUT2D eigenvalue weighted by Crippen LogP contribution is 2.26. The summed E-state index contributed by atoms with van der Waals surface area (Å²) in [6.07, 6.45) is 0. The molecule has 156 valence electrons. The zero-order chi connectivity index (χ0) is 21.8. The topological polar surface area (TPSA) is 97.0 Å². The van der Waals surface area contributed by atoms with Gasteiger partial charge >= 0.3 is 0 Å². The Morgan fingerprint density at radius 3 is 2.65 bits per heavy atom. The molecule has 0 saturated carbocycles. The Bertz CT molecular complexity index is 1280. The zero-order valence-electron chi connectivity index (χ0n) is 17.0. The van der Waals surface area contributed by atoms with Gasteiger partial charge in [0.2, 0.25) is 0 Å². The Balaban J connectivity index is 1.51. The number of carbonyl (C=O) groups excluding carboxylic acids is 1. The first-order valence-electron chi connectivity index (χ1n) is 9.70. The summed E-state index contributed by atoms with van der Waals surface area (Å²) in [5.74, 6) is 0.939. The molecule has 0 radical (unpaired) electrons. The second kappa shape index (κ2) is 8.93. The summed E-state index contributed by atoms with van der Waals surface area (Å²) in [5.41, 5.74) is 2.94. The van der Waals surface area contributed by atoms with E-state index in [0.29, 0.717) is 35.1 Å². The van der Waals surface area contributed by atoms with Crippen LogP contribution < -0.4 is 15.6 Å². The second-order valence-electron chi connectivity index (χ2n) is 6.77. The van der Waals surface area contributed by atoms with E-state index in [9.17, 15) is 9.59 Å². The number of H-pyrrole nitrogens is 1. The molecule has 2 heterocycles. The maximum atomic E-state index is 12.7. The number of nitrogens with one attached hydrogen (secondary N) is 2. The maximum Gasteiger partial charge on any atom is 0.275 e. The van der Waals surface area contributed by atoms with Crippen LogP contribution in [0.1, 0.15) is 23.1 Å². The molecule has 31 heavy (non-hydrogen) atoms. The highest BCUT2D eigenvalue weighted by atomic mass is 32.1. The second-order valence-corrected chi connectivity index (χ2v) is 7.62. The predicted molar refractivity (Wildman–Crippen MR) is 122 cm³/mol. The number of hydrogen-bond donors (Lipinski definition) is 2. The molecule has 4 aromatic rings. The van der Waals surface area contributed by atoms with Crippen molar-refractivity contribution in [3.05, 3.63) is 81.7 Å². The number of ether oxygens (including phenoxy) is 1. The molecule has 4 rings (SSSR count). The van der Waals surface area contributed by atoms with Crippen LogP contribution in [0, 0.1) is 6.92 Å². The number of thiazole rings is 1. The third-order valence-electron chi connectivity index (χ3n) is 4.41. The lowest BCUT2D eigenvalue weighted by Gasteiger charge is -2.07. The summed E-state index contributed by atoms with van der Waals surface area (Å²) in [5, 5.41) is 5.33. The number of aromatic nitrogens is 3. The summed E-state index contributed by atoms with van der Waals surface area (Å²) < 4.78 is 5.46. The Kier molecular flexibility index (Phi) is 5.90. The lowest BCUT2D eigenvalue weighted by molar-refractivity contribution is 0.102. The highest BCUT2D eigenvalue weighted by molar-refractivity contribution is 7.13. The van der Waals surface area contributed by atoms with Gasteiger partial charge in [-0.1, -0.05) is 12.1 Å². The number of anilines is 1. The van der Waals surface area contributed by atoms with E-state index in [1.54, 1.807) is 30.5 Å². The maximum absolute atomic E-state index is 12.7. The van der Waals surface area contributed by atoms with Crippen LogP contribution in [0.3, 0.4) is 0 Å². The minimum Gasteiger partial charge on any atom is -0.494 e. The van der Waals surface area contributed by atoms with Gasteiger partial charge in [-0.2, -0.15) is 0 Å². The van der Waals surface area contributed by atoms with Crippen molar-refractivity contribution in [3.63, 3.8) is 0 Å². The molecule has 2 N–H and O–H groups in total. The number of nitrogens with zero attached hydrogens (tertiary/aromatic N) is 2. The molecular formula is C23H20N4O3S. The predicted octanol–water partition coefficient (Wildman–Crippen LogP) is 4.52. The molecule has 2 aromatic carbocycles. The fourth-order valence-corrected chi connectivity index (χ4v) is 3.83. The van der Waals surface area contributed by atoms with Gasteiger partial charge in [0.15, 0.2) is 0 Å². The number of carbonyl (C=O) groups is 1. The first-order chi connectivity index (χ1) is 15.0. The van der Waals surface area contributed by atoms with Crippen LogP contribution in [0.2, 0.25) is 0 Å². The third-order valence-corrected chi connectivity index (χ3v) is 5.30. The number of hydrogen-bond acceptors (Lipinski definition) is 6. The number of benzene rings is 2. The minimum atomic E-state index is -0.309. The van der Waals surface area contributed by atoms with Crippen LogP contribution >= 0.6 is 11.3 Å². The van der Waals surface area contributed by atoms with Crippen molar-refractivity contribution in [1.82, 2.24) is 15.0 Å². The normalized spacial score (nSPS) is 10.6. The van der Waals surface area contributed by atoms with Crippen LogP contribution in [-0.2, 0) is 0 Å². The van der Waals surface area contributed by atoms with Crippen molar-refractivity contribution in [1.29, 1.82) is 0 Å². The van der Waals surface area contributed by atoms with Crippen molar-refractivity contribution in [2.24, 2.45) is 0 Å². The molecule has 0 spiro atoms. The lowest BCUT2D eigenvalue weighted by atomic mass is 10.2. The van der Waals surface area contributed by atoms with E-state index in [2.05, 4.69) is 20.3 Å². The van der Waals surface area contributed by atoms with Crippen LogP contribution in [0.25, 0.3) is 22.0 Å². The number of aromatic amines is 1. The molecule has 0 aliphatic carbocycles. The zero-order valence-corrected chi connectivity index (χ0v) is 17.8. The summed E-state index contributed by atoms with van der Waals surface area (Å²) in [6.45, 7) is 4.30. The van der Waals surface area contributed by atoms with Gasteiger partial charge in [0.25, 0.3) is 11.5 Å². The molecule has 0 aliphatic rings. The van der Waals surface area contributed by atoms with Crippen LogP contribution in [0.5, 0.6) is 5.75 Å².